The fraction of sp³-hybridized carbons (Fsp3) is 0.417. The van der Waals surface area contributed by atoms with Crippen molar-refractivity contribution in [3.63, 3.8) is 0 Å². The minimum absolute atomic E-state index is 0.191. The van der Waals surface area contributed by atoms with Gasteiger partial charge in [-0.3, -0.25) is 0 Å². The zero-order chi connectivity index (χ0) is 14.2. The highest BCUT2D eigenvalue weighted by Gasteiger charge is 2.29. The number of anilines is 1. The van der Waals surface area contributed by atoms with Crippen LogP contribution in [0.1, 0.15) is 24.3 Å². The molecular weight excluding hydrogens is 261 g/mol. The van der Waals surface area contributed by atoms with Crippen molar-refractivity contribution in [1.82, 2.24) is 4.90 Å². The number of nitrogen functional groups attached to an aromatic ring is 1. The smallest absolute Gasteiger partial charge is 0.407 e. The number of nitrogens with zero attached hydrogens (tertiary/aromatic N) is 1. The average Bonchev–Trinajstić information content (AvgIpc) is 2.37. The monoisotopic (exact) mass is 274 g/mol. The third-order valence-corrected chi connectivity index (χ3v) is 3.41. The van der Waals surface area contributed by atoms with E-state index in [-0.39, 0.29) is 31.5 Å². The first-order valence-electron chi connectivity index (χ1n) is 5.82. The molecule has 0 aliphatic carbocycles. The van der Waals surface area contributed by atoms with Gasteiger partial charge in [0, 0.05) is 24.7 Å². The van der Waals surface area contributed by atoms with E-state index in [1.165, 1.54) is 4.90 Å². The quantitative estimate of drug-likeness (QED) is 0.773. The van der Waals surface area contributed by atoms with Gasteiger partial charge in [-0.25, -0.2) is 18.0 Å². The third kappa shape index (κ3) is 2.45. The molecule has 19 heavy (non-hydrogen) atoms. The second-order valence-electron chi connectivity index (χ2n) is 4.53. The summed E-state index contributed by atoms with van der Waals surface area (Å²) in [6.45, 7) is 0.381. The van der Waals surface area contributed by atoms with Gasteiger partial charge in [-0.2, -0.15) is 0 Å². The molecule has 1 amide bonds. The molecule has 1 saturated heterocycles. The molecule has 1 aliphatic heterocycles. The normalized spacial score (nSPS) is 16.7. The van der Waals surface area contributed by atoms with Crippen LogP contribution in [-0.4, -0.2) is 29.2 Å². The molecule has 1 aromatic carbocycles. The van der Waals surface area contributed by atoms with Crippen molar-refractivity contribution in [1.29, 1.82) is 0 Å². The number of hydrogen-bond donors (Lipinski definition) is 2. The lowest BCUT2D eigenvalue weighted by molar-refractivity contribution is 0.131. The number of amides is 1. The second kappa shape index (κ2) is 4.99. The zero-order valence-corrected chi connectivity index (χ0v) is 10.00. The first kappa shape index (κ1) is 13.5. The fourth-order valence-corrected chi connectivity index (χ4v) is 2.36. The number of carbonyl (C=O) groups is 1. The van der Waals surface area contributed by atoms with Gasteiger partial charge in [-0.05, 0) is 18.8 Å². The number of nitrogens with two attached hydrogens (primary N) is 1. The summed E-state index contributed by atoms with van der Waals surface area (Å²) in [5, 5.41) is 8.79. The highest BCUT2D eigenvalue weighted by atomic mass is 19.1. The Kier molecular flexibility index (Phi) is 3.55. The zero-order valence-electron chi connectivity index (χ0n) is 10.00. The number of benzene rings is 1. The molecule has 0 spiro atoms. The lowest BCUT2D eigenvalue weighted by Crippen LogP contribution is -2.37. The molecule has 1 fully saturated rings. The predicted octanol–water partition coefficient (Wildman–Crippen LogP) is 2.54. The van der Waals surface area contributed by atoms with E-state index >= 15 is 0 Å². The maximum Gasteiger partial charge on any atom is 0.407 e. The number of hydrogen-bond acceptors (Lipinski definition) is 2. The number of likely N-dealkylation sites (tertiary alicyclic amines) is 1. The van der Waals surface area contributed by atoms with Crippen molar-refractivity contribution in [3.8, 4) is 0 Å². The number of rotatable bonds is 1. The molecule has 3 N–H and O–H groups in total. The summed E-state index contributed by atoms with van der Waals surface area (Å²) < 4.78 is 40.6. The molecule has 0 bridgehead atoms. The van der Waals surface area contributed by atoms with Gasteiger partial charge >= 0.3 is 6.09 Å². The lowest BCUT2D eigenvalue weighted by atomic mass is 9.88. The Hall–Kier alpha value is -1.92. The van der Waals surface area contributed by atoms with E-state index in [0.717, 1.165) is 0 Å². The first-order valence-corrected chi connectivity index (χ1v) is 5.82. The van der Waals surface area contributed by atoms with Crippen LogP contribution in [0.15, 0.2) is 6.07 Å². The van der Waals surface area contributed by atoms with E-state index in [9.17, 15) is 18.0 Å². The minimum atomic E-state index is -1.12. The molecule has 0 unspecified atom stereocenters. The van der Waals surface area contributed by atoms with E-state index in [1.54, 1.807) is 0 Å². The van der Waals surface area contributed by atoms with Crippen LogP contribution in [0.5, 0.6) is 0 Å². The van der Waals surface area contributed by atoms with Gasteiger partial charge < -0.3 is 15.7 Å². The van der Waals surface area contributed by atoms with Gasteiger partial charge in [-0.15, -0.1) is 0 Å². The average molecular weight is 274 g/mol. The summed E-state index contributed by atoms with van der Waals surface area (Å²) in [4.78, 5) is 11.9. The Balaban J connectivity index is 2.25. The Morgan fingerprint density at radius 1 is 1.26 bits per heavy atom. The number of piperidine rings is 1. The van der Waals surface area contributed by atoms with Crippen LogP contribution in [0.2, 0.25) is 0 Å². The van der Waals surface area contributed by atoms with Crippen molar-refractivity contribution in [2.24, 2.45) is 0 Å². The molecule has 0 radical (unpaired) electrons. The van der Waals surface area contributed by atoms with Gasteiger partial charge in [0.05, 0.1) is 0 Å². The van der Waals surface area contributed by atoms with E-state index in [0.29, 0.717) is 6.07 Å². The van der Waals surface area contributed by atoms with Gasteiger partial charge in [0.25, 0.3) is 0 Å². The second-order valence-corrected chi connectivity index (χ2v) is 4.53. The highest BCUT2D eigenvalue weighted by molar-refractivity contribution is 5.65. The van der Waals surface area contributed by atoms with Crippen molar-refractivity contribution in [2.75, 3.05) is 18.8 Å². The number of carboxylic acid groups (broad SMARTS) is 1. The van der Waals surface area contributed by atoms with Crippen LogP contribution in [0.3, 0.4) is 0 Å². The molecule has 1 aliphatic rings. The molecule has 1 heterocycles. The van der Waals surface area contributed by atoms with Crippen LogP contribution >= 0.6 is 0 Å². The summed E-state index contributed by atoms with van der Waals surface area (Å²) in [5.74, 6) is -3.66. The summed E-state index contributed by atoms with van der Waals surface area (Å²) >= 11 is 0. The molecule has 0 aromatic heterocycles. The lowest BCUT2D eigenvalue weighted by Gasteiger charge is -2.30. The Labute approximate surface area is 107 Å². The molecular formula is C12H13F3N2O2. The van der Waals surface area contributed by atoms with E-state index in [4.69, 9.17) is 10.8 Å². The summed E-state index contributed by atoms with van der Waals surface area (Å²) in [6, 6.07) is 0.567. The van der Waals surface area contributed by atoms with Gasteiger partial charge in [0.1, 0.15) is 11.5 Å². The Morgan fingerprint density at radius 2 is 1.84 bits per heavy atom. The Bertz CT molecular complexity index is 514. The van der Waals surface area contributed by atoms with E-state index in [2.05, 4.69) is 0 Å². The predicted molar refractivity (Wildman–Crippen MR) is 62.3 cm³/mol. The van der Waals surface area contributed by atoms with E-state index in [1.807, 2.05) is 0 Å². The highest BCUT2D eigenvalue weighted by Crippen LogP contribution is 2.34. The van der Waals surface area contributed by atoms with Crippen molar-refractivity contribution in [3.05, 3.63) is 29.1 Å². The molecule has 7 heteroatoms. The first-order chi connectivity index (χ1) is 8.91. The van der Waals surface area contributed by atoms with Crippen molar-refractivity contribution < 1.29 is 23.1 Å². The standard InChI is InChI=1S/C12H13F3N2O2/c13-7-5-8(14)11(16)10(15)9(7)6-1-3-17(4-2-6)12(18)19/h5-6H,1-4,16H2,(H,18,19). The Morgan fingerprint density at radius 3 is 2.37 bits per heavy atom. The van der Waals surface area contributed by atoms with Gasteiger partial charge in [0.2, 0.25) is 0 Å². The molecule has 1 aromatic rings. The minimum Gasteiger partial charge on any atom is -0.465 e. The molecule has 0 saturated carbocycles. The summed E-state index contributed by atoms with van der Waals surface area (Å²) in [7, 11) is 0. The maximum absolute atomic E-state index is 13.8. The largest absolute Gasteiger partial charge is 0.465 e. The molecule has 2 rings (SSSR count). The molecule has 0 atom stereocenters. The van der Waals surface area contributed by atoms with Crippen molar-refractivity contribution >= 4 is 11.8 Å². The van der Waals surface area contributed by atoms with Crippen LogP contribution in [-0.2, 0) is 0 Å². The molecule has 104 valence electrons. The fourth-order valence-electron chi connectivity index (χ4n) is 2.36. The number of halogens is 3. The van der Waals surface area contributed by atoms with Crippen LogP contribution < -0.4 is 5.73 Å². The third-order valence-electron chi connectivity index (χ3n) is 3.41. The van der Waals surface area contributed by atoms with Gasteiger partial charge in [-0.1, -0.05) is 0 Å². The topological polar surface area (TPSA) is 66.6 Å². The van der Waals surface area contributed by atoms with Crippen LogP contribution in [0.4, 0.5) is 23.7 Å². The van der Waals surface area contributed by atoms with Crippen LogP contribution in [0.25, 0.3) is 0 Å². The van der Waals surface area contributed by atoms with E-state index < -0.39 is 35.2 Å². The maximum atomic E-state index is 13.8. The van der Waals surface area contributed by atoms with Crippen LogP contribution in [0, 0.1) is 17.5 Å². The molecule has 4 nitrogen and oxygen atoms in total. The summed E-state index contributed by atoms with van der Waals surface area (Å²) in [5.41, 5.74) is 4.27. The van der Waals surface area contributed by atoms with Gasteiger partial charge in [0.15, 0.2) is 11.6 Å². The summed E-state index contributed by atoms with van der Waals surface area (Å²) in [6.07, 6.45) is -0.491. The SMILES string of the molecule is Nc1c(F)cc(F)c(C2CCN(C(=O)O)CC2)c1F. The van der Waals surface area contributed by atoms with Crippen molar-refractivity contribution in [2.45, 2.75) is 18.8 Å².